The minimum atomic E-state index is -2.17. The number of hydrogen-bond donors (Lipinski definition) is 3. The van der Waals surface area contributed by atoms with Crippen molar-refractivity contribution < 1.29 is 22.6 Å². The molecule has 6 heavy (non-hydrogen) atoms. The van der Waals surface area contributed by atoms with Crippen LogP contribution in [-0.4, -0.2) is 32.5 Å². The Morgan fingerprint density at radius 3 is 1.17 bits per heavy atom. The summed E-state index contributed by atoms with van der Waals surface area (Å²) in [6, 6.07) is 0. The van der Waals surface area contributed by atoms with E-state index in [1.807, 2.05) is 0 Å². The van der Waals surface area contributed by atoms with E-state index in [1.54, 1.807) is 0 Å². The monoisotopic (exact) mass is 93.1 g/mol. The molecule has 0 spiro atoms. The zero-order chi connectivity index (χ0) is 3.58. The van der Waals surface area contributed by atoms with E-state index in [0.717, 1.165) is 0 Å². The third kappa shape index (κ3) is 19600. The van der Waals surface area contributed by atoms with E-state index in [-0.39, 0.29) is 17.7 Å². The van der Waals surface area contributed by atoms with Gasteiger partial charge in [0, 0.05) is 0 Å². The van der Waals surface area contributed by atoms with E-state index < -0.39 is 7.32 Å². The fourth-order valence-corrected chi connectivity index (χ4v) is 0. The van der Waals surface area contributed by atoms with Gasteiger partial charge in [0.15, 0.2) is 0 Å². The van der Waals surface area contributed by atoms with Crippen molar-refractivity contribution in [1.82, 2.24) is 0 Å². The molecule has 0 saturated heterocycles. The van der Waals surface area contributed by atoms with Crippen molar-refractivity contribution in [3.8, 4) is 0 Å². The van der Waals surface area contributed by atoms with Gasteiger partial charge in [0.2, 0.25) is 0 Å². The molecule has 0 radical (unpaired) electrons. The molecule has 0 aliphatic rings. The van der Waals surface area contributed by atoms with Gasteiger partial charge in [0.05, 0.1) is 0 Å². The topological polar surface area (TPSA) is 60.7 Å². The number of rotatable bonds is 0. The minimum Gasteiger partial charge on any atom is -1.00 e. The Labute approximate surface area is 41.3 Å². The van der Waals surface area contributed by atoms with Crippen LogP contribution in [0.1, 0.15) is 2.85 Å². The van der Waals surface area contributed by atoms with Crippen molar-refractivity contribution >= 4 is 17.4 Å². The van der Waals surface area contributed by atoms with Crippen molar-refractivity contribution in [2.75, 3.05) is 0 Å². The molecule has 0 atom stereocenters. The predicted octanol–water partition coefficient (Wildman–Crippen LogP) is -2.06. The summed E-state index contributed by atoms with van der Waals surface area (Å²) in [5.41, 5.74) is 0. The normalized spacial score (nSPS) is 4.50. The maximum atomic E-state index is 7.17. The summed E-state index contributed by atoms with van der Waals surface area (Å²) in [6.45, 7) is 0. The Balaban J connectivity index is -0.00000000750. The quantitative estimate of drug-likeness (QED) is 0.302. The van der Waals surface area contributed by atoms with Gasteiger partial charge in [0.1, 0.15) is 0 Å². The largest absolute Gasteiger partial charge is 2.00 e. The summed E-state index contributed by atoms with van der Waals surface area (Å²) in [5, 5.41) is 21.5. The first kappa shape index (κ1) is 16.6. The van der Waals surface area contributed by atoms with E-state index >= 15 is 0 Å². The van der Waals surface area contributed by atoms with Crippen LogP contribution in [0.3, 0.4) is 0 Å². The molecule has 0 fully saturated rings. The second kappa shape index (κ2) is 8.90. The van der Waals surface area contributed by atoms with Crippen LogP contribution in [-0.2, 0) is 0 Å². The first-order chi connectivity index (χ1) is 1.73. The van der Waals surface area contributed by atoms with Crippen LogP contribution in [0.25, 0.3) is 0 Å². The van der Waals surface area contributed by atoms with E-state index in [2.05, 4.69) is 0 Å². The Kier molecular flexibility index (Phi) is 24.6. The Bertz CT molecular complexity index is 22.0. The van der Waals surface area contributed by atoms with Gasteiger partial charge in [-0.2, -0.15) is 0 Å². The zero-order valence-electron chi connectivity index (χ0n) is 5.03. The molecule has 3 nitrogen and oxygen atoms in total. The Morgan fingerprint density at radius 2 is 1.17 bits per heavy atom. The minimum absolute atomic E-state index is 0. The molecular formula is H6BBeFO3. The predicted molar refractivity (Wildman–Crippen MR) is 22.9 cm³/mol. The Morgan fingerprint density at radius 1 is 1.17 bits per heavy atom. The summed E-state index contributed by atoms with van der Waals surface area (Å²) < 4.78 is 0. The molecule has 6 heteroatoms. The van der Waals surface area contributed by atoms with Crippen LogP contribution in [0.5, 0.6) is 0 Å². The second-order valence-corrected chi connectivity index (χ2v) is 0.346. The average Bonchev–Trinajstić information content (AvgIpc) is 0.811. The van der Waals surface area contributed by atoms with Crippen molar-refractivity contribution in [2.45, 2.75) is 0 Å². The van der Waals surface area contributed by atoms with Crippen LogP contribution < -0.4 is 0 Å². The van der Waals surface area contributed by atoms with Crippen LogP contribution in [0, 0.1) is 0 Å². The third-order valence-electron chi connectivity index (χ3n) is 0. The maximum absolute atomic E-state index is 7.17. The first-order valence-corrected chi connectivity index (χ1v) is 0.775. The molecule has 0 aromatic heterocycles. The van der Waals surface area contributed by atoms with E-state index in [0.29, 0.717) is 0 Å². The maximum Gasteiger partial charge on any atom is 2.00 e. The van der Waals surface area contributed by atoms with E-state index in [9.17, 15) is 0 Å². The van der Waals surface area contributed by atoms with E-state index in [1.165, 1.54) is 0 Å². The molecular weight excluding hydrogens is 86.8 g/mol. The number of halogens is 1. The second-order valence-electron chi connectivity index (χ2n) is 0.346. The summed E-state index contributed by atoms with van der Waals surface area (Å²) >= 11 is 0. The van der Waals surface area contributed by atoms with Crippen LogP contribution in [0.2, 0.25) is 0 Å². The van der Waals surface area contributed by atoms with Gasteiger partial charge >= 0.3 is 17.4 Å². The molecule has 36 valence electrons. The summed E-state index contributed by atoms with van der Waals surface area (Å²) in [6.07, 6.45) is 0. The van der Waals surface area contributed by atoms with Crippen molar-refractivity contribution in [1.29, 1.82) is 0 Å². The van der Waals surface area contributed by atoms with Gasteiger partial charge in [0.25, 0.3) is 0 Å². The zero-order valence-corrected chi connectivity index (χ0v) is 3.03. The molecule has 0 aliphatic carbocycles. The molecule has 0 heterocycles. The van der Waals surface area contributed by atoms with Gasteiger partial charge in [-0.25, -0.2) is 0 Å². The van der Waals surface area contributed by atoms with Gasteiger partial charge in [-0.05, 0) is 0 Å². The Hall–Kier alpha value is 0.0438. The average molecular weight is 92.9 g/mol. The van der Waals surface area contributed by atoms with Crippen molar-refractivity contribution in [3.05, 3.63) is 0 Å². The third-order valence-corrected chi connectivity index (χ3v) is 0. The van der Waals surface area contributed by atoms with Crippen LogP contribution in [0.15, 0.2) is 0 Å². The fraction of sp³-hybridized carbons (Fsp3) is 0. The number of hydrogen-bond acceptors (Lipinski definition) is 3. The SMILES string of the molecule is F.OB(O)O.[Be+2].[H-].[H-]. The summed E-state index contributed by atoms with van der Waals surface area (Å²) in [7, 11) is -2.17. The van der Waals surface area contributed by atoms with E-state index in [4.69, 9.17) is 15.1 Å². The molecule has 0 aromatic rings. The molecule has 0 saturated carbocycles. The molecule has 0 unspecified atom stereocenters. The van der Waals surface area contributed by atoms with Crippen LogP contribution >= 0.6 is 0 Å². The van der Waals surface area contributed by atoms with Gasteiger partial charge < -0.3 is 17.9 Å². The van der Waals surface area contributed by atoms with Crippen LogP contribution in [0.4, 0.5) is 4.70 Å². The van der Waals surface area contributed by atoms with Crippen molar-refractivity contribution in [2.24, 2.45) is 0 Å². The molecule has 3 N–H and O–H groups in total. The summed E-state index contributed by atoms with van der Waals surface area (Å²) in [5.74, 6) is 0. The standard InChI is InChI=1S/BH3O3.Be.FH.2H/c2-1(3)4;;;;/h2-4H;;1H;;/q;+2;;2*-1. The van der Waals surface area contributed by atoms with Gasteiger partial charge in [-0.15, -0.1) is 0 Å². The fourth-order valence-electron chi connectivity index (χ4n) is 0. The summed E-state index contributed by atoms with van der Waals surface area (Å²) in [4.78, 5) is 0. The van der Waals surface area contributed by atoms with Crippen molar-refractivity contribution in [3.63, 3.8) is 0 Å². The van der Waals surface area contributed by atoms with Gasteiger partial charge in [-0.3, -0.25) is 4.70 Å². The molecule has 0 aromatic carbocycles. The van der Waals surface area contributed by atoms with Gasteiger partial charge in [-0.1, -0.05) is 0 Å². The molecule has 0 aliphatic heterocycles. The molecule has 0 bridgehead atoms. The molecule has 0 amide bonds. The molecule has 0 rings (SSSR count). The smallest absolute Gasteiger partial charge is 1.00 e. The first-order valence-electron chi connectivity index (χ1n) is 0.775.